The number of hydrogen-bond acceptors (Lipinski definition) is 4. The number of phenols is 1. The van der Waals surface area contributed by atoms with Crippen molar-refractivity contribution in [2.75, 3.05) is 13.1 Å². The third-order valence-electron chi connectivity index (χ3n) is 4.42. The number of phenolic OH excluding ortho intramolecular Hbond substituents is 1. The molecule has 4 heteroatoms. The Bertz CT molecular complexity index is 623. The summed E-state index contributed by atoms with van der Waals surface area (Å²) in [6.07, 6.45) is 3.04. The number of rotatable bonds is 3. The number of nitrogens with zero attached hydrogens (tertiary/aromatic N) is 2. The summed E-state index contributed by atoms with van der Waals surface area (Å²) in [6.45, 7) is 6.37. The fraction of sp³-hybridized carbons (Fsp3) is 0.444. The molecule has 0 aliphatic carbocycles. The maximum atomic E-state index is 9.36. The van der Waals surface area contributed by atoms with Crippen LogP contribution in [0.15, 0.2) is 24.3 Å². The standard InChI is InChI=1S/C18H23N3O/c1-12-18(15-7-9-19-10-8-15)13(2)21-17(20-12)11-14-3-5-16(22)6-4-14/h3-6,15,19,22H,7-11H2,1-2H3. The predicted molar refractivity (Wildman–Crippen MR) is 87.3 cm³/mol. The third-order valence-corrected chi connectivity index (χ3v) is 4.42. The average Bonchev–Trinajstić information content (AvgIpc) is 2.50. The van der Waals surface area contributed by atoms with Gasteiger partial charge >= 0.3 is 0 Å². The van der Waals surface area contributed by atoms with Crippen molar-refractivity contribution in [3.8, 4) is 5.75 Å². The summed E-state index contributed by atoms with van der Waals surface area (Å²) in [4.78, 5) is 9.47. The Morgan fingerprint density at radius 2 is 1.64 bits per heavy atom. The van der Waals surface area contributed by atoms with E-state index in [4.69, 9.17) is 9.97 Å². The fourth-order valence-electron chi connectivity index (χ4n) is 3.37. The van der Waals surface area contributed by atoms with Gasteiger partial charge in [-0.15, -0.1) is 0 Å². The zero-order valence-electron chi connectivity index (χ0n) is 13.3. The van der Waals surface area contributed by atoms with E-state index in [2.05, 4.69) is 19.2 Å². The third kappa shape index (κ3) is 3.28. The Morgan fingerprint density at radius 3 is 2.23 bits per heavy atom. The van der Waals surface area contributed by atoms with Gasteiger partial charge in [-0.25, -0.2) is 9.97 Å². The number of hydrogen-bond donors (Lipinski definition) is 2. The van der Waals surface area contributed by atoms with Crippen LogP contribution in [0.1, 0.15) is 47.1 Å². The Labute approximate surface area is 131 Å². The highest BCUT2D eigenvalue weighted by Gasteiger charge is 2.21. The van der Waals surface area contributed by atoms with E-state index in [0.29, 0.717) is 18.1 Å². The average molecular weight is 297 g/mol. The highest BCUT2D eigenvalue weighted by Crippen LogP contribution is 2.29. The molecule has 2 heterocycles. The van der Waals surface area contributed by atoms with Crippen molar-refractivity contribution < 1.29 is 5.11 Å². The van der Waals surface area contributed by atoms with Gasteiger partial charge in [0, 0.05) is 17.8 Å². The van der Waals surface area contributed by atoms with Gasteiger partial charge in [-0.2, -0.15) is 0 Å². The van der Waals surface area contributed by atoms with Crippen molar-refractivity contribution in [3.05, 3.63) is 52.6 Å². The second kappa shape index (κ2) is 6.44. The van der Waals surface area contributed by atoms with Crippen LogP contribution in [0.5, 0.6) is 5.75 Å². The number of aromatic nitrogens is 2. The van der Waals surface area contributed by atoms with E-state index >= 15 is 0 Å². The molecule has 0 bridgehead atoms. The lowest BCUT2D eigenvalue weighted by molar-refractivity contribution is 0.455. The first-order valence-electron chi connectivity index (χ1n) is 7.96. The van der Waals surface area contributed by atoms with Gasteiger partial charge in [0.15, 0.2) is 0 Å². The van der Waals surface area contributed by atoms with Crippen LogP contribution < -0.4 is 5.32 Å². The first kappa shape index (κ1) is 15.0. The van der Waals surface area contributed by atoms with Gasteiger partial charge in [0.1, 0.15) is 11.6 Å². The second-order valence-electron chi connectivity index (χ2n) is 6.09. The Kier molecular flexibility index (Phi) is 4.39. The van der Waals surface area contributed by atoms with E-state index in [1.54, 1.807) is 12.1 Å². The molecule has 1 aromatic heterocycles. The van der Waals surface area contributed by atoms with Crippen molar-refractivity contribution in [1.29, 1.82) is 0 Å². The molecule has 116 valence electrons. The fourth-order valence-corrected chi connectivity index (χ4v) is 3.37. The highest BCUT2D eigenvalue weighted by molar-refractivity contribution is 5.31. The minimum Gasteiger partial charge on any atom is -0.508 e. The lowest BCUT2D eigenvalue weighted by Gasteiger charge is -2.25. The van der Waals surface area contributed by atoms with Crippen LogP contribution in [-0.4, -0.2) is 28.2 Å². The number of aromatic hydroxyl groups is 1. The van der Waals surface area contributed by atoms with E-state index < -0.39 is 0 Å². The first-order chi connectivity index (χ1) is 10.6. The van der Waals surface area contributed by atoms with Gasteiger partial charge < -0.3 is 10.4 Å². The summed E-state index contributed by atoms with van der Waals surface area (Å²) in [5, 5.41) is 12.8. The molecule has 0 unspecified atom stereocenters. The molecule has 1 aromatic carbocycles. The number of nitrogens with one attached hydrogen (secondary N) is 1. The second-order valence-corrected chi connectivity index (χ2v) is 6.09. The molecule has 0 radical (unpaired) electrons. The van der Waals surface area contributed by atoms with Gasteiger partial charge in [0.2, 0.25) is 0 Å². The highest BCUT2D eigenvalue weighted by atomic mass is 16.3. The van der Waals surface area contributed by atoms with Crippen molar-refractivity contribution in [2.24, 2.45) is 0 Å². The van der Waals surface area contributed by atoms with Crippen LogP contribution in [-0.2, 0) is 6.42 Å². The summed E-state index contributed by atoms with van der Waals surface area (Å²) < 4.78 is 0. The van der Waals surface area contributed by atoms with E-state index in [-0.39, 0.29) is 0 Å². The minimum absolute atomic E-state index is 0.290. The molecule has 22 heavy (non-hydrogen) atoms. The van der Waals surface area contributed by atoms with Crippen LogP contribution in [0, 0.1) is 13.8 Å². The van der Waals surface area contributed by atoms with Crippen molar-refractivity contribution in [3.63, 3.8) is 0 Å². The van der Waals surface area contributed by atoms with E-state index in [0.717, 1.165) is 35.9 Å². The molecule has 4 nitrogen and oxygen atoms in total. The lowest BCUT2D eigenvalue weighted by atomic mass is 9.88. The molecule has 1 fully saturated rings. The maximum absolute atomic E-state index is 9.36. The van der Waals surface area contributed by atoms with Crippen LogP contribution in [0.25, 0.3) is 0 Å². The van der Waals surface area contributed by atoms with Crippen LogP contribution in [0.2, 0.25) is 0 Å². The molecule has 1 aliphatic rings. The zero-order valence-corrected chi connectivity index (χ0v) is 13.3. The number of aryl methyl sites for hydroxylation is 2. The molecular formula is C18H23N3O. The normalized spacial score (nSPS) is 15.9. The van der Waals surface area contributed by atoms with Gasteiger partial charge in [0.25, 0.3) is 0 Å². The molecule has 0 amide bonds. The molecule has 0 spiro atoms. The van der Waals surface area contributed by atoms with Crippen LogP contribution in [0.4, 0.5) is 0 Å². The van der Waals surface area contributed by atoms with Gasteiger partial charge in [-0.3, -0.25) is 0 Å². The van der Waals surface area contributed by atoms with Crippen molar-refractivity contribution >= 4 is 0 Å². The molecule has 0 atom stereocenters. The van der Waals surface area contributed by atoms with Crippen LogP contribution >= 0.6 is 0 Å². The monoisotopic (exact) mass is 297 g/mol. The molecule has 1 aliphatic heterocycles. The maximum Gasteiger partial charge on any atom is 0.133 e. The predicted octanol–water partition coefficient (Wildman–Crippen LogP) is 2.86. The molecule has 2 N–H and O–H groups in total. The summed E-state index contributed by atoms with van der Waals surface area (Å²) in [7, 11) is 0. The van der Waals surface area contributed by atoms with Crippen LogP contribution in [0.3, 0.4) is 0 Å². The van der Waals surface area contributed by atoms with E-state index in [9.17, 15) is 5.11 Å². The topological polar surface area (TPSA) is 58.0 Å². The molecule has 0 saturated carbocycles. The summed E-state index contributed by atoms with van der Waals surface area (Å²) in [5.74, 6) is 1.74. The number of piperidine rings is 1. The molecule has 3 rings (SSSR count). The summed E-state index contributed by atoms with van der Waals surface area (Å²) in [5.41, 5.74) is 4.70. The largest absolute Gasteiger partial charge is 0.508 e. The lowest BCUT2D eigenvalue weighted by Crippen LogP contribution is -2.27. The Balaban J connectivity index is 1.83. The van der Waals surface area contributed by atoms with Gasteiger partial charge in [0.05, 0.1) is 0 Å². The smallest absolute Gasteiger partial charge is 0.133 e. The van der Waals surface area contributed by atoms with Gasteiger partial charge in [-0.05, 0) is 69.0 Å². The zero-order chi connectivity index (χ0) is 15.5. The Morgan fingerprint density at radius 1 is 1.05 bits per heavy atom. The SMILES string of the molecule is Cc1nc(Cc2ccc(O)cc2)nc(C)c1C1CCNCC1. The Hall–Kier alpha value is -1.94. The molecular weight excluding hydrogens is 274 g/mol. The quantitative estimate of drug-likeness (QED) is 0.914. The minimum atomic E-state index is 0.290. The van der Waals surface area contributed by atoms with E-state index in [1.165, 1.54) is 18.4 Å². The summed E-state index contributed by atoms with van der Waals surface area (Å²) in [6, 6.07) is 7.26. The first-order valence-corrected chi connectivity index (χ1v) is 7.96. The van der Waals surface area contributed by atoms with Gasteiger partial charge in [-0.1, -0.05) is 12.1 Å². The van der Waals surface area contributed by atoms with E-state index in [1.807, 2.05) is 12.1 Å². The molecule has 2 aromatic rings. The van der Waals surface area contributed by atoms with Crippen molar-refractivity contribution in [1.82, 2.24) is 15.3 Å². The van der Waals surface area contributed by atoms with Crippen molar-refractivity contribution in [2.45, 2.75) is 39.0 Å². The molecule has 1 saturated heterocycles. The number of benzene rings is 1. The summed E-state index contributed by atoms with van der Waals surface area (Å²) >= 11 is 0.